The van der Waals surface area contributed by atoms with Crippen LogP contribution in [0, 0.1) is 5.92 Å². The van der Waals surface area contributed by atoms with E-state index in [-0.39, 0.29) is 13.0 Å². The zero-order chi connectivity index (χ0) is 10.3. The Morgan fingerprint density at radius 2 is 2.23 bits per heavy atom. The van der Waals surface area contributed by atoms with Crippen LogP contribution in [-0.2, 0) is 9.53 Å². The molecule has 2 N–H and O–H groups in total. The van der Waals surface area contributed by atoms with Crippen LogP contribution in [0.4, 0.5) is 13.2 Å². The smallest absolute Gasteiger partial charge is 0.394 e. The minimum absolute atomic E-state index is 0.0440. The maximum Gasteiger partial charge on any atom is 0.394 e. The molecule has 0 unspecified atom stereocenters. The molecule has 0 bridgehead atoms. The summed E-state index contributed by atoms with van der Waals surface area (Å²) in [7, 11) is 0. The van der Waals surface area contributed by atoms with Crippen molar-refractivity contribution in [3.8, 4) is 0 Å². The van der Waals surface area contributed by atoms with Crippen LogP contribution in [-0.4, -0.2) is 24.3 Å². The number of carbonyl (C=O) groups excluding carboxylic acids is 1. The van der Waals surface area contributed by atoms with Gasteiger partial charge in [0, 0.05) is 0 Å². The van der Waals surface area contributed by atoms with Crippen LogP contribution in [0.25, 0.3) is 0 Å². The van der Waals surface area contributed by atoms with E-state index in [2.05, 4.69) is 4.74 Å². The van der Waals surface area contributed by atoms with Gasteiger partial charge in [-0.15, -0.1) is 0 Å². The summed E-state index contributed by atoms with van der Waals surface area (Å²) in [5.41, 5.74) is 3.39. The first kappa shape index (κ1) is 10.3. The zero-order valence-corrected chi connectivity index (χ0v) is 7.02. The molecule has 0 aromatic heterocycles. The van der Waals surface area contributed by atoms with Crippen LogP contribution in [0.2, 0.25) is 0 Å². The number of hydrogen-bond donors (Lipinski definition) is 1. The van der Waals surface area contributed by atoms with E-state index in [9.17, 15) is 18.0 Å². The van der Waals surface area contributed by atoms with Crippen molar-refractivity contribution < 1.29 is 22.7 Å². The molecule has 13 heavy (non-hydrogen) atoms. The lowest BCUT2D eigenvalue weighted by Crippen LogP contribution is -2.40. The Balaban J connectivity index is 2.59. The molecule has 0 spiro atoms. The third kappa shape index (κ3) is 1.77. The van der Waals surface area contributed by atoms with Crippen LogP contribution in [0.1, 0.15) is 13.3 Å². The predicted octanol–water partition coefficient (Wildman–Crippen LogP) is 0.829. The molecule has 1 fully saturated rings. The van der Waals surface area contributed by atoms with Crippen LogP contribution in [0.15, 0.2) is 0 Å². The normalized spacial score (nSPS) is 32.8. The third-order valence-corrected chi connectivity index (χ3v) is 2.05. The lowest BCUT2D eigenvalue weighted by molar-refractivity contribution is -0.164. The van der Waals surface area contributed by atoms with Gasteiger partial charge in [0.15, 0.2) is 0 Å². The van der Waals surface area contributed by atoms with E-state index in [1.54, 1.807) is 0 Å². The van der Waals surface area contributed by atoms with Gasteiger partial charge in [0.1, 0.15) is 5.54 Å². The van der Waals surface area contributed by atoms with Crippen molar-refractivity contribution in [2.24, 2.45) is 11.7 Å². The van der Waals surface area contributed by atoms with E-state index in [0.29, 0.717) is 0 Å². The first-order chi connectivity index (χ1) is 5.82. The second-order valence-corrected chi connectivity index (χ2v) is 3.06. The summed E-state index contributed by atoms with van der Waals surface area (Å²) in [5, 5.41) is 0. The van der Waals surface area contributed by atoms with E-state index in [4.69, 9.17) is 5.73 Å². The molecule has 2 atom stereocenters. The van der Waals surface area contributed by atoms with Gasteiger partial charge in [-0.3, -0.25) is 4.79 Å². The summed E-state index contributed by atoms with van der Waals surface area (Å²) in [4.78, 5) is 10.9. The fraction of sp³-hybridized carbons (Fsp3) is 0.857. The maximum absolute atomic E-state index is 12.0. The average Bonchev–Trinajstić information content (AvgIpc) is 2.63. The third-order valence-electron chi connectivity index (χ3n) is 2.05. The Morgan fingerprint density at radius 3 is 2.54 bits per heavy atom. The van der Waals surface area contributed by atoms with E-state index < -0.39 is 23.6 Å². The molecule has 0 radical (unpaired) electrons. The summed E-state index contributed by atoms with van der Waals surface area (Å²) < 4.78 is 40.6. The van der Waals surface area contributed by atoms with Gasteiger partial charge in [0.2, 0.25) is 0 Å². The number of alkyl halides is 3. The molecule has 0 saturated heterocycles. The highest BCUT2D eigenvalue weighted by molar-refractivity contribution is 5.85. The second-order valence-electron chi connectivity index (χ2n) is 3.06. The number of rotatable bonds is 2. The molecular weight excluding hydrogens is 187 g/mol. The Hall–Kier alpha value is -0.780. The van der Waals surface area contributed by atoms with Gasteiger partial charge in [-0.25, -0.2) is 0 Å². The van der Waals surface area contributed by atoms with Gasteiger partial charge in [0.25, 0.3) is 0 Å². The van der Waals surface area contributed by atoms with Crippen molar-refractivity contribution in [1.82, 2.24) is 0 Å². The Bertz CT molecular complexity index is 228. The van der Waals surface area contributed by atoms with Crippen LogP contribution in [0.3, 0.4) is 0 Å². The molecule has 0 aromatic rings. The summed E-state index contributed by atoms with van der Waals surface area (Å²) in [5.74, 6) is -2.70. The first-order valence-electron chi connectivity index (χ1n) is 3.85. The van der Waals surface area contributed by atoms with Gasteiger partial charge < -0.3 is 10.5 Å². The molecule has 0 aromatic carbocycles. The predicted molar refractivity (Wildman–Crippen MR) is 37.7 cm³/mol. The number of ether oxygens (including phenoxy) is 1. The molecule has 3 nitrogen and oxygen atoms in total. The van der Waals surface area contributed by atoms with Crippen molar-refractivity contribution in [2.45, 2.75) is 25.1 Å². The first-order valence-corrected chi connectivity index (χ1v) is 3.85. The van der Waals surface area contributed by atoms with Gasteiger partial charge in [-0.05, 0) is 13.3 Å². The zero-order valence-electron chi connectivity index (χ0n) is 7.02. The number of hydrogen-bond acceptors (Lipinski definition) is 3. The van der Waals surface area contributed by atoms with Crippen molar-refractivity contribution in [3.05, 3.63) is 0 Å². The molecule has 0 heterocycles. The summed E-state index contributed by atoms with van der Waals surface area (Å²) in [6.07, 6.45) is -4.77. The van der Waals surface area contributed by atoms with Crippen LogP contribution in [0.5, 0.6) is 0 Å². The maximum atomic E-state index is 12.0. The minimum Gasteiger partial charge on any atom is -0.465 e. The number of carbonyl (C=O) groups is 1. The molecule has 1 aliphatic rings. The van der Waals surface area contributed by atoms with Crippen LogP contribution >= 0.6 is 0 Å². The van der Waals surface area contributed by atoms with Gasteiger partial charge in [-0.1, -0.05) is 0 Å². The monoisotopic (exact) mass is 197 g/mol. The van der Waals surface area contributed by atoms with E-state index >= 15 is 0 Å². The van der Waals surface area contributed by atoms with Crippen molar-refractivity contribution in [2.75, 3.05) is 6.61 Å². The largest absolute Gasteiger partial charge is 0.465 e. The van der Waals surface area contributed by atoms with E-state index in [1.165, 1.54) is 6.92 Å². The number of nitrogens with two attached hydrogens (primary N) is 1. The van der Waals surface area contributed by atoms with Gasteiger partial charge in [-0.2, -0.15) is 13.2 Å². The van der Waals surface area contributed by atoms with Gasteiger partial charge in [0.05, 0.1) is 12.5 Å². The minimum atomic E-state index is -4.40. The second kappa shape index (κ2) is 2.87. The summed E-state index contributed by atoms with van der Waals surface area (Å²) in [6.45, 7) is 1.56. The van der Waals surface area contributed by atoms with Crippen molar-refractivity contribution in [1.29, 1.82) is 0 Å². The molecular formula is C7H10F3NO2. The van der Waals surface area contributed by atoms with Crippen LogP contribution < -0.4 is 5.73 Å². The fourth-order valence-electron chi connectivity index (χ4n) is 1.18. The van der Waals surface area contributed by atoms with E-state index in [0.717, 1.165) is 0 Å². The quantitative estimate of drug-likeness (QED) is 0.667. The molecule has 76 valence electrons. The highest BCUT2D eigenvalue weighted by Crippen LogP contribution is 2.52. The van der Waals surface area contributed by atoms with Crippen molar-refractivity contribution >= 4 is 5.97 Å². The fourth-order valence-corrected chi connectivity index (χ4v) is 1.18. The number of esters is 1. The highest BCUT2D eigenvalue weighted by Gasteiger charge is 2.69. The Kier molecular flexibility index (Phi) is 2.27. The lowest BCUT2D eigenvalue weighted by Gasteiger charge is -2.11. The molecule has 0 amide bonds. The molecule has 1 aliphatic carbocycles. The molecule has 1 saturated carbocycles. The SMILES string of the molecule is CCOC(=O)[C@]1(N)C[C@@H]1C(F)(F)F. The average molecular weight is 197 g/mol. The highest BCUT2D eigenvalue weighted by atomic mass is 19.4. The lowest BCUT2D eigenvalue weighted by atomic mass is 10.2. The summed E-state index contributed by atoms with van der Waals surface area (Å²) in [6, 6.07) is 0. The van der Waals surface area contributed by atoms with Gasteiger partial charge >= 0.3 is 12.1 Å². The van der Waals surface area contributed by atoms with Crippen molar-refractivity contribution in [3.63, 3.8) is 0 Å². The standard InChI is InChI=1S/C7H10F3NO2/c1-2-13-5(12)6(11)3-4(6)7(8,9)10/h4H,2-3,11H2,1H3/t4-,6-/m0/s1. The number of halogens is 3. The molecule has 0 aliphatic heterocycles. The Morgan fingerprint density at radius 1 is 1.69 bits per heavy atom. The Labute approximate surface area is 73.0 Å². The van der Waals surface area contributed by atoms with E-state index in [1.807, 2.05) is 0 Å². The molecule has 1 rings (SSSR count). The topological polar surface area (TPSA) is 52.3 Å². The summed E-state index contributed by atoms with van der Waals surface area (Å²) >= 11 is 0. The molecule has 6 heteroatoms.